The van der Waals surface area contributed by atoms with Gasteiger partial charge in [0.05, 0.1) is 12.1 Å². The molecule has 19 heavy (non-hydrogen) atoms. The summed E-state index contributed by atoms with van der Waals surface area (Å²) in [4.78, 5) is 0. The molecule has 100 valence electrons. The summed E-state index contributed by atoms with van der Waals surface area (Å²) >= 11 is 5.99. The Bertz CT molecular complexity index is 602. The molecule has 0 saturated heterocycles. The fourth-order valence-electron chi connectivity index (χ4n) is 1.85. The minimum Gasteiger partial charge on any atom is -0.496 e. The van der Waals surface area contributed by atoms with Crippen LogP contribution in [-0.4, -0.2) is 12.2 Å². The molecule has 0 aliphatic rings. The van der Waals surface area contributed by atoms with E-state index in [0.29, 0.717) is 5.75 Å². The number of hydrogen-bond acceptors (Lipinski definition) is 2. The highest BCUT2D eigenvalue weighted by molar-refractivity contribution is 6.31. The van der Waals surface area contributed by atoms with Gasteiger partial charge in [-0.3, -0.25) is 0 Å². The Kier molecular flexibility index (Phi) is 4.02. The van der Waals surface area contributed by atoms with Gasteiger partial charge in [0.15, 0.2) is 11.6 Å². The number of benzene rings is 2. The molecule has 0 aromatic heterocycles. The van der Waals surface area contributed by atoms with Gasteiger partial charge in [-0.15, -0.1) is 0 Å². The van der Waals surface area contributed by atoms with Gasteiger partial charge < -0.3 is 9.84 Å². The number of ether oxygens (including phenoxy) is 1. The first-order chi connectivity index (χ1) is 9.06. The standard InChI is InChI=1S/C14H11ClF2O2/c1-19-11-7-3-5-9(15)12(11)14(18)8-4-2-6-10(16)13(8)17/h2-7,14,18H,1H3. The summed E-state index contributed by atoms with van der Waals surface area (Å²) < 4.78 is 32.0. The van der Waals surface area contributed by atoms with Gasteiger partial charge in [-0.1, -0.05) is 29.8 Å². The van der Waals surface area contributed by atoms with E-state index in [4.69, 9.17) is 16.3 Å². The Balaban J connectivity index is 2.56. The number of hydrogen-bond donors (Lipinski definition) is 1. The van der Waals surface area contributed by atoms with Crippen molar-refractivity contribution in [2.45, 2.75) is 6.10 Å². The molecule has 2 aromatic carbocycles. The summed E-state index contributed by atoms with van der Waals surface area (Å²) in [6, 6.07) is 8.36. The van der Waals surface area contributed by atoms with Gasteiger partial charge in [0.1, 0.15) is 11.9 Å². The summed E-state index contributed by atoms with van der Waals surface area (Å²) in [7, 11) is 1.41. The first-order valence-corrected chi connectivity index (χ1v) is 5.88. The maximum Gasteiger partial charge on any atom is 0.164 e. The van der Waals surface area contributed by atoms with Crippen LogP contribution >= 0.6 is 11.6 Å². The fraction of sp³-hybridized carbons (Fsp3) is 0.143. The highest BCUT2D eigenvalue weighted by Gasteiger charge is 2.23. The molecular formula is C14H11ClF2O2. The third-order valence-electron chi connectivity index (χ3n) is 2.78. The van der Waals surface area contributed by atoms with Gasteiger partial charge in [-0.25, -0.2) is 8.78 Å². The molecule has 0 radical (unpaired) electrons. The highest BCUT2D eigenvalue weighted by atomic mass is 35.5. The number of aliphatic hydroxyl groups is 1. The topological polar surface area (TPSA) is 29.5 Å². The van der Waals surface area contributed by atoms with Crippen LogP contribution in [0.3, 0.4) is 0 Å². The van der Waals surface area contributed by atoms with E-state index < -0.39 is 17.7 Å². The molecule has 0 fully saturated rings. The Hall–Kier alpha value is -1.65. The monoisotopic (exact) mass is 284 g/mol. The van der Waals surface area contributed by atoms with Crippen LogP contribution in [-0.2, 0) is 0 Å². The van der Waals surface area contributed by atoms with Crippen molar-refractivity contribution in [1.82, 2.24) is 0 Å². The molecule has 1 N–H and O–H groups in total. The van der Waals surface area contributed by atoms with Crippen LogP contribution in [0.1, 0.15) is 17.2 Å². The lowest BCUT2D eigenvalue weighted by atomic mass is 10.00. The lowest BCUT2D eigenvalue weighted by Crippen LogP contribution is -2.06. The molecule has 0 heterocycles. The van der Waals surface area contributed by atoms with Crippen molar-refractivity contribution in [3.63, 3.8) is 0 Å². The van der Waals surface area contributed by atoms with E-state index in [1.807, 2.05) is 0 Å². The van der Waals surface area contributed by atoms with E-state index >= 15 is 0 Å². The third-order valence-corrected chi connectivity index (χ3v) is 3.11. The lowest BCUT2D eigenvalue weighted by molar-refractivity contribution is 0.208. The summed E-state index contributed by atoms with van der Waals surface area (Å²) in [5.41, 5.74) is 0.0163. The molecule has 5 heteroatoms. The zero-order valence-corrected chi connectivity index (χ0v) is 10.8. The van der Waals surface area contributed by atoms with Crippen molar-refractivity contribution in [2.24, 2.45) is 0 Å². The van der Waals surface area contributed by atoms with Gasteiger partial charge in [0.25, 0.3) is 0 Å². The van der Waals surface area contributed by atoms with Crippen molar-refractivity contribution < 1.29 is 18.6 Å². The maximum atomic E-state index is 13.7. The van der Waals surface area contributed by atoms with Crippen LogP contribution in [0, 0.1) is 11.6 Å². The summed E-state index contributed by atoms with van der Waals surface area (Å²) in [6.45, 7) is 0. The normalized spacial score (nSPS) is 12.3. The molecule has 0 spiro atoms. The van der Waals surface area contributed by atoms with Crippen molar-refractivity contribution in [3.8, 4) is 5.75 Å². The molecule has 2 nitrogen and oxygen atoms in total. The minimum atomic E-state index is -1.40. The summed E-state index contributed by atoms with van der Waals surface area (Å²) in [5.74, 6) is -1.82. The average molecular weight is 285 g/mol. The second-order valence-electron chi connectivity index (χ2n) is 3.90. The Morgan fingerprint density at radius 3 is 2.53 bits per heavy atom. The smallest absolute Gasteiger partial charge is 0.164 e. The van der Waals surface area contributed by atoms with E-state index in [1.165, 1.54) is 19.2 Å². The molecular weight excluding hydrogens is 274 g/mol. The summed E-state index contributed by atoms with van der Waals surface area (Å²) in [5, 5.41) is 10.4. The van der Waals surface area contributed by atoms with Crippen molar-refractivity contribution in [3.05, 3.63) is 64.2 Å². The van der Waals surface area contributed by atoms with Crippen LogP contribution in [0.25, 0.3) is 0 Å². The molecule has 2 rings (SSSR count). The first kappa shape index (κ1) is 13.8. The zero-order valence-electron chi connectivity index (χ0n) is 10.0. The zero-order chi connectivity index (χ0) is 14.0. The molecule has 0 bridgehead atoms. The van der Waals surface area contributed by atoms with E-state index in [-0.39, 0.29) is 16.1 Å². The largest absolute Gasteiger partial charge is 0.496 e. The molecule has 1 unspecified atom stereocenters. The second kappa shape index (κ2) is 5.55. The third kappa shape index (κ3) is 2.55. The van der Waals surface area contributed by atoms with Crippen LogP contribution in [0.2, 0.25) is 5.02 Å². The predicted molar refractivity (Wildman–Crippen MR) is 68.4 cm³/mol. The van der Waals surface area contributed by atoms with E-state index in [9.17, 15) is 13.9 Å². The number of aliphatic hydroxyl groups excluding tert-OH is 1. The van der Waals surface area contributed by atoms with Crippen molar-refractivity contribution >= 4 is 11.6 Å². The van der Waals surface area contributed by atoms with Crippen molar-refractivity contribution in [1.29, 1.82) is 0 Å². The average Bonchev–Trinajstić information content (AvgIpc) is 2.40. The molecule has 0 amide bonds. The molecule has 2 aromatic rings. The van der Waals surface area contributed by atoms with Crippen molar-refractivity contribution in [2.75, 3.05) is 7.11 Å². The van der Waals surface area contributed by atoms with Gasteiger partial charge in [0.2, 0.25) is 0 Å². The Labute approximate surface area is 114 Å². The number of rotatable bonds is 3. The molecule has 0 aliphatic heterocycles. The van der Waals surface area contributed by atoms with E-state index in [0.717, 1.165) is 6.07 Å². The quantitative estimate of drug-likeness (QED) is 0.931. The van der Waals surface area contributed by atoms with Gasteiger partial charge >= 0.3 is 0 Å². The predicted octanol–water partition coefficient (Wildman–Crippen LogP) is 3.71. The molecule has 1 atom stereocenters. The van der Waals surface area contributed by atoms with Gasteiger partial charge in [0, 0.05) is 11.1 Å². The molecule has 0 saturated carbocycles. The van der Waals surface area contributed by atoms with Gasteiger partial charge in [-0.05, 0) is 18.2 Å². The molecule has 0 aliphatic carbocycles. The van der Waals surface area contributed by atoms with Crippen LogP contribution in [0.4, 0.5) is 8.78 Å². The van der Waals surface area contributed by atoms with Gasteiger partial charge in [-0.2, -0.15) is 0 Å². The number of halogens is 3. The fourth-order valence-corrected chi connectivity index (χ4v) is 2.12. The minimum absolute atomic E-state index is 0.189. The summed E-state index contributed by atoms with van der Waals surface area (Å²) in [6.07, 6.45) is -1.40. The number of methoxy groups -OCH3 is 1. The van der Waals surface area contributed by atoms with Crippen LogP contribution < -0.4 is 4.74 Å². The van der Waals surface area contributed by atoms with E-state index in [1.54, 1.807) is 18.2 Å². The SMILES string of the molecule is COc1cccc(Cl)c1C(O)c1cccc(F)c1F. The second-order valence-corrected chi connectivity index (χ2v) is 4.31. The van der Waals surface area contributed by atoms with Crippen LogP contribution in [0.5, 0.6) is 5.75 Å². The lowest BCUT2D eigenvalue weighted by Gasteiger charge is -2.17. The Morgan fingerprint density at radius 2 is 1.84 bits per heavy atom. The maximum absolute atomic E-state index is 13.7. The van der Waals surface area contributed by atoms with E-state index in [2.05, 4.69) is 0 Å². The first-order valence-electron chi connectivity index (χ1n) is 5.50. The Morgan fingerprint density at radius 1 is 1.16 bits per heavy atom. The van der Waals surface area contributed by atoms with Crippen LogP contribution in [0.15, 0.2) is 36.4 Å². The highest BCUT2D eigenvalue weighted by Crippen LogP contribution is 2.36.